The summed E-state index contributed by atoms with van der Waals surface area (Å²) in [6.45, 7) is 0. The highest BCUT2D eigenvalue weighted by atomic mass is 19.1. The maximum Gasteiger partial charge on any atom is 0.123 e. The second-order valence-corrected chi connectivity index (χ2v) is 4.86. The molecule has 0 fully saturated rings. The molecule has 0 saturated carbocycles. The second-order valence-electron chi connectivity index (χ2n) is 4.86. The molecule has 0 aliphatic carbocycles. The van der Waals surface area contributed by atoms with E-state index >= 15 is 0 Å². The lowest BCUT2D eigenvalue weighted by Gasteiger charge is -2.02. The molecule has 0 spiro atoms. The Balaban J connectivity index is 2.04. The summed E-state index contributed by atoms with van der Waals surface area (Å²) in [5.74, 6) is -0.267. The van der Waals surface area contributed by atoms with Gasteiger partial charge in [0.05, 0.1) is 16.8 Å². The Bertz CT molecular complexity index is 930. The van der Waals surface area contributed by atoms with E-state index in [1.165, 1.54) is 18.5 Å². The molecule has 22 heavy (non-hydrogen) atoms. The van der Waals surface area contributed by atoms with E-state index in [1.54, 1.807) is 22.8 Å². The molecule has 5 heteroatoms. The first-order valence-corrected chi connectivity index (χ1v) is 6.82. The zero-order valence-corrected chi connectivity index (χ0v) is 11.5. The number of nitrogens with zero attached hydrogens (tertiary/aromatic N) is 4. The fourth-order valence-electron chi connectivity index (χ4n) is 2.50. The molecule has 0 aliphatic heterocycles. The molecule has 0 unspecified atom stereocenters. The van der Waals surface area contributed by atoms with Crippen molar-refractivity contribution in [3.05, 3.63) is 73.1 Å². The van der Waals surface area contributed by atoms with Crippen molar-refractivity contribution in [2.75, 3.05) is 0 Å². The van der Waals surface area contributed by atoms with E-state index in [0.29, 0.717) is 0 Å². The number of hydrogen-bond donors (Lipinski definition) is 0. The van der Waals surface area contributed by atoms with E-state index < -0.39 is 0 Å². The van der Waals surface area contributed by atoms with E-state index in [0.717, 1.165) is 28.0 Å². The normalized spacial score (nSPS) is 11.0. The molecule has 4 nitrogen and oxygen atoms in total. The van der Waals surface area contributed by atoms with Gasteiger partial charge in [-0.1, -0.05) is 6.07 Å². The average molecular weight is 290 g/mol. The third-order valence-electron chi connectivity index (χ3n) is 3.50. The van der Waals surface area contributed by atoms with Gasteiger partial charge in [-0.05, 0) is 42.5 Å². The van der Waals surface area contributed by atoms with Gasteiger partial charge in [-0.25, -0.2) is 18.9 Å². The van der Waals surface area contributed by atoms with Crippen LogP contribution in [0.25, 0.3) is 28.0 Å². The number of benzene rings is 1. The van der Waals surface area contributed by atoms with Gasteiger partial charge in [0.15, 0.2) is 0 Å². The summed E-state index contributed by atoms with van der Waals surface area (Å²) in [5, 5.41) is 4.62. The Labute approximate surface area is 125 Å². The van der Waals surface area contributed by atoms with Crippen LogP contribution in [-0.2, 0) is 0 Å². The van der Waals surface area contributed by atoms with Crippen molar-refractivity contribution >= 4 is 5.52 Å². The monoisotopic (exact) mass is 290 g/mol. The summed E-state index contributed by atoms with van der Waals surface area (Å²) < 4.78 is 15.0. The highest BCUT2D eigenvalue weighted by Gasteiger charge is 2.16. The van der Waals surface area contributed by atoms with Crippen LogP contribution in [0.2, 0.25) is 0 Å². The lowest BCUT2D eigenvalue weighted by Crippen LogP contribution is -1.87. The van der Waals surface area contributed by atoms with Gasteiger partial charge in [0.25, 0.3) is 0 Å². The number of fused-ring (bicyclic) bond motifs is 1. The number of hydrogen-bond acceptors (Lipinski definition) is 3. The Morgan fingerprint density at radius 2 is 1.82 bits per heavy atom. The van der Waals surface area contributed by atoms with Crippen molar-refractivity contribution in [2.45, 2.75) is 0 Å². The average Bonchev–Trinajstić information content (AvgIpc) is 2.96. The molecule has 0 aliphatic rings. The first-order valence-electron chi connectivity index (χ1n) is 6.82. The molecule has 4 rings (SSSR count). The van der Waals surface area contributed by atoms with Crippen LogP contribution in [0.1, 0.15) is 0 Å². The minimum atomic E-state index is -0.267. The van der Waals surface area contributed by atoms with Gasteiger partial charge < -0.3 is 0 Å². The van der Waals surface area contributed by atoms with Gasteiger partial charge in [0.1, 0.15) is 17.8 Å². The molecular weight excluding hydrogens is 279 g/mol. The predicted molar refractivity (Wildman–Crippen MR) is 81.6 cm³/mol. The fourth-order valence-corrected chi connectivity index (χ4v) is 2.50. The molecule has 0 saturated heterocycles. The summed E-state index contributed by atoms with van der Waals surface area (Å²) in [5.41, 5.74) is 4.26. The molecule has 0 N–H and O–H groups in total. The fraction of sp³-hybridized carbons (Fsp3) is 0. The Morgan fingerprint density at radius 1 is 0.955 bits per heavy atom. The van der Waals surface area contributed by atoms with Crippen LogP contribution in [0.3, 0.4) is 0 Å². The highest BCUT2D eigenvalue weighted by Crippen LogP contribution is 2.33. The third kappa shape index (κ3) is 2.03. The molecule has 0 radical (unpaired) electrons. The standard InChI is InChI=1S/C17H11FN4/c18-13-6-4-12(5-7-13)17-16(14-8-9-19-11-20-14)15-3-1-2-10-22(15)21-17/h1-11H. The third-order valence-corrected chi connectivity index (χ3v) is 3.50. The SMILES string of the molecule is Fc1ccc(-c2nn3ccccc3c2-c2ccncn2)cc1. The number of rotatable bonds is 2. The van der Waals surface area contributed by atoms with Crippen LogP contribution in [0.5, 0.6) is 0 Å². The van der Waals surface area contributed by atoms with E-state index in [9.17, 15) is 4.39 Å². The van der Waals surface area contributed by atoms with Crippen molar-refractivity contribution < 1.29 is 4.39 Å². The molecule has 0 bridgehead atoms. The van der Waals surface area contributed by atoms with E-state index in [4.69, 9.17) is 0 Å². The van der Waals surface area contributed by atoms with Gasteiger partial charge in [-0.2, -0.15) is 5.10 Å². The second kappa shape index (κ2) is 5.04. The maximum absolute atomic E-state index is 13.2. The van der Waals surface area contributed by atoms with Crippen molar-refractivity contribution in [2.24, 2.45) is 0 Å². The van der Waals surface area contributed by atoms with Crippen LogP contribution >= 0.6 is 0 Å². The highest BCUT2D eigenvalue weighted by molar-refractivity contribution is 5.90. The zero-order valence-electron chi connectivity index (χ0n) is 11.5. The summed E-state index contributed by atoms with van der Waals surface area (Å²) in [4.78, 5) is 8.30. The largest absolute Gasteiger partial charge is 0.245 e. The smallest absolute Gasteiger partial charge is 0.123 e. The molecule has 4 aromatic rings. The Kier molecular flexibility index (Phi) is 2.89. The Hall–Kier alpha value is -3.08. The van der Waals surface area contributed by atoms with Crippen LogP contribution in [0, 0.1) is 5.82 Å². The minimum absolute atomic E-state index is 0.267. The molecule has 0 atom stereocenters. The van der Waals surface area contributed by atoms with E-state index in [1.807, 2.05) is 30.5 Å². The minimum Gasteiger partial charge on any atom is -0.245 e. The van der Waals surface area contributed by atoms with Gasteiger partial charge in [0, 0.05) is 18.0 Å². The topological polar surface area (TPSA) is 43.1 Å². The molecule has 0 amide bonds. The molecule has 3 heterocycles. The van der Waals surface area contributed by atoms with Crippen molar-refractivity contribution in [1.82, 2.24) is 19.6 Å². The van der Waals surface area contributed by atoms with Gasteiger partial charge >= 0.3 is 0 Å². The molecule has 3 aromatic heterocycles. The molecule has 106 valence electrons. The predicted octanol–water partition coefficient (Wildman–Crippen LogP) is 3.60. The Morgan fingerprint density at radius 3 is 2.59 bits per heavy atom. The summed E-state index contributed by atoms with van der Waals surface area (Å²) in [6.07, 6.45) is 5.09. The van der Waals surface area contributed by atoms with E-state index in [-0.39, 0.29) is 5.82 Å². The number of pyridine rings is 1. The van der Waals surface area contributed by atoms with Crippen LogP contribution in [0.4, 0.5) is 4.39 Å². The molecule has 1 aromatic carbocycles. The zero-order chi connectivity index (χ0) is 14.9. The lowest BCUT2D eigenvalue weighted by atomic mass is 10.0. The number of aromatic nitrogens is 4. The maximum atomic E-state index is 13.2. The van der Waals surface area contributed by atoms with Crippen LogP contribution < -0.4 is 0 Å². The first-order chi connectivity index (χ1) is 10.8. The summed E-state index contributed by atoms with van der Waals surface area (Å²) in [6, 6.07) is 14.0. The quantitative estimate of drug-likeness (QED) is 0.566. The first kappa shape index (κ1) is 12.6. The van der Waals surface area contributed by atoms with Crippen LogP contribution in [-0.4, -0.2) is 19.6 Å². The molecular formula is C17H11FN4. The van der Waals surface area contributed by atoms with Crippen molar-refractivity contribution in [1.29, 1.82) is 0 Å². The van der Waals surface area contributed by atoms with Crippen LogP contribution in [0.15, 0.2) is 67.3 Å². The van der Waals surface area contributed by atoms with Gasteiger partial charge in [-0.15, -0.1) is 0 Å². The lowest BCUT2D eigenvalue weighted by molar-refractivity contribution is 0.628. The number of halogens is 1. The van der Waals surface area contributed by atoms with Crippen molar-refractivity contribution in [3.8, 4) is 22.5 Å². The summed E-state index contributed by atoms with van der Waals surface area (Å²) in [7, 11) is 0. The van der Waals surface area contributed by atoms with E-state index in [2.05, 4.69) is 15.1 Å². The van der Waals surface area contributed by atoms with Gasteiger partial charge in [-0.3, -0.25) is 0 Å². The van der Waals surface area contributed by atoms with Gasteiger partial charge in [0.2, 0.25) is 0 Å². The summed E-state index contributed by atoms with van der Waals surface area (Å²) >= 11 is 0. The van der Waals surface area contributed by atoms with Crippen molar-refractivity contribution in [3.63, 3.8) is 0 Å².